The van der Waals surface area contributed by atoms with Crippen LogP contribution in [-0.2, 0) is 6.54 Å². The smallest absolute Gasteiger partial charge is 0.188 e. The Bertz CT molecular complexity index is 618. The maximum absolute atomic E-state index is 12.9. The first-order valence-electron chi connectivity index (χ1n) is 8.03. The lowest BCUT2D eigenvalue weighted by Crippen LogP contribution is -2.32. The third-order valence-electron chi connectivity index (χ3n) is 3.48. The molecule has 0 fully saturated rings. The summed E-state index contributed by atoms with van der Waals surface area (Å²) < 4.78 is 14.6. The van der Waals surface area contributed by atoms with Crippen molar-refractivity contribution < 1.29 is 4.39 Å². The van der Waals surface area contributed by atoms with E-state index in [4.69, 9.17) is 5.73 Å². The Kier molecular flexibility index (Phi) is 6.59. The van der Waals surface area contributed by atoms with Gasteiger partial charge in [0.25, 0.3) is 0 Å². The molecule has 5 nitrogen and oxygen atoms in total. The molecule has 0 bridgehead atoms. The number of nitrogens with two attached hydrogens (primary N) is 1. The first-order valence-corrected chi connectivity index (χ1v) is 8.03. The van der Waals surface area contributed by atoms with Gasteiger partial charge < -0.3 is 11.1 Å². The predicted octanol–water partition coefficient (Wildman–Crippen LogP) is 3.00. The van der Waals surface area contributed by atoms with Crippen LogP contribution in [0.1, 0.15) is 38.3 Å². The highest BCUT2D eigenvalue weighted by molar-refractivity contribution is 5.77. The van der Waals surface area contributed by atoms with Crippen molar-refractivity contribution >= 4 is 5.96 Å². The number of aromatic nitrogens is 2. The van der Waals surface area contributed by atoms with Crippen molar-refractivity contribution in [2.45, 2.75) is 39.2 Å². The van der Waals surface area contributed by atoms with Gasteiger partial charge in [-0.25, -0.2) is 14.1 Å². The minimum atomic E-state index is -0.261. The van der Waals surface area contributed by atoms with Crippen LogP contribution < -0.4 is 11.1 Å². The summed E-state index contributed by atoms with van der Waals surface area (Å²) in [5, 5.41) is 7.51. The number of unbranched alkanes of at least 4 members (excludes halogenated alkanes) is 3. The second kappa shape index (κ2) is 8.92. The Morgan fingerprint density at radius 3 is 2.74 bits per heavy atom. The van der Waals surface area contributed by atoms with Gasteiger partial charge in [-0.05, 0) is 36.8 Å². The quantitative estimate of drug-likeness (QED) is 0.447. The number of halogens is 1. The fraction of sp³-hybridized carbons (Fsp3) is 0.412. The Hall–Kier alpha value is -2.37. The molecule has 1 aromatic carbocycles. The van der Waals surface area contributed by atoms with Crippen LogP contribution in [0.15, 0.2) is 41.5 Å². The lowest BCUT2D eigenvalue weighted by Gasteiger charge is -2.04. The van der Waals surface area contributed by atoms with Crippen LogP contribution in [0, 0.1) is 5.82 Å². The van der Waals surface area contributed by atoms with Crippen LogP contribution in [0.3, 0.4) is 0 Å². The number of nitrogens with one attached hydrogen (secondary N) is 1. The summed E-state index contributed by atoms with van der Waals surface area (Å²) in [5.41, 5.74) is 7.45. The lowest BCUT2D eigenvalue weighted by molar-refractivity contribution is 0.627. The molecule has 23 heavy (non-hydrogen) atoms. The van der Waals surface area contributed by atoms with Crippen LogP contribution in [-0.4, -0.2) is 22.3 Å². The molecule has 0 unspecified atom stereocenters. The van der Waals surface area contributed by atoms with Gasteiger partial charge in [0.2, 0.25) is 0 Å². The van der Waals surface area contributed by atoms with Crippen molar-refractivity contribution in [3.05, 3.63) is 48.0 Å². The lowest BCUT2D eigenvalue weighted by atomic mass is 10.2. The van der Waals surface area contributed by atoms with Crippen molar-refractivity contribution in [1.29, 1.82) is 0 Å². The maximum Gasteiger partial charge on any atom is 0.188 e. The summed E-state index contributed by atoms with van der Waals surface area (Å²) >= 11 is 0. The first-order chi connectivity index (χ1) is 11.2. The van der Waals surface area contributed by atoms with Crippen LogP contribution >= 0.6 is 0 Å². The zero-order valence-corrected chi connectivity index (χ0v) is 13.5. The highest BCUT2D eigenvalue weighted by Gasteiger charge is 2.01. The number of guanidine groups is 1. The van der Waals surface area contributed by atoms with E-state index < -0.39 is 0 Å². The van der Waals surface area contributed by atoms with Crippen LogP contribution in [0.4, 0.5) is 4.39 Å². The Morgan fingerprint density at radius 1 is 1.22 bits per heavy atom. The Balaban J connectivity index is 1.82. The van der Waals surface area contributed by atoms with Crippen molar-refractivity contribution in [2.24, 2.45) is 10.7 Å². The molecule has 2 rings (SSSR count). The predicted molar refractivity (Wildman–Crippen MR) is 91.0 cm³/mol. The van der Waals surface area contributed by atoms with Crippen LogP contribution in [0.2, 0.25) is 0 Å². The molecule has 1 aromatic heterocycles. The number of nitrogens with zero attached hydrogens (tertiary/aromatic N) is 3. The van der Waals surface area contributed by atoms with Gasteiger partial charge in [-0.2, -0.15) is 5.10 Å². The molecule has 0 aliphatic rings. The fourth-order valence-electron chi connectivity index (χ4n) is 2.17. The average molecular weight is 317 g/mol. The molecular formula is C17H24FN5. The van der Waals surface area contributed by atoms with E-state index in [1.807, 2.05) is 12.3 Å². The molecule has 2 aromatic rings. The second-order valence-corrected chi connectivity index (χ2v) is 5.42. The van der Waals surface area contributed by atoms with Gasteiger partial charge in [0.1, 0.15) is 5.82 Å². The highest BCUT2D eigenvalue weighted by Crippen LogP contribution is 2.09. The number of aliphatic imine (C=N–C) groups is 1. The molecular weight excluding hydrogens is 293 g/mol. The van der Waals surface area contributed by atoms with E-state index in [-0.39, 0.29) is 5.82 Å². The van der Waals surface area contributed by atoms with Gasteiger partial charge in [-0.1, -0.05) is 26.2 Å². The zero-order chi connectivity index (χ0) is 16.5. The molecule has 0 atom stereocenters. The Labute approximate surface area is 136 Å². The largest absolute Gasteiger partial charge is 0.370 e. The molecule has 124 valence electrons. The maximum atomic E-state index is 12.9. The number of hydrogen-bond donors (Lipinski definition) is 2. The van der Waals surface area contributed by atoms with Gasteiger partial charge in [0.15, 0.2) is 5.96 Å². The molecule has 0 spiro atoms. The number of benzene rings is 1. The Morgan fingerprint density at radius 2 is 2.00 bits per heavy atom. The van der Waals surface area contributed by atoms with Crippen molar-refractivity contribution in [2.75, 3.05) is 6.54 Å². The van der Waals surface area contributed by atoms with Gasteiger partial charge in [-0.3, -0.25) is 0 Å². The van der Waals surface area contributed by atoms with E-state index in [2.05, 4.69) is 22.3 Å². The van der Waals surface area contributed by atoms with Crippen LogP contribution in [0.25, 0.3) is 5.69 Å². The molecule has 0 aliphatic carbocycles. The van der Waals surface area contributed by atoms with Crippen molar-refractivity contribution in [3.63, 3.8) is 0 Å². The third-order valence-corrected chi connectivity index (χ3v) is 3.48. The molecule has 3 N–H and O–H groups in total. The fourth-order valence-corrected chi connectivity index (χ4v) is 2.17. The van der Waals surface area contributed by atoms with Gasteiger partial charge >= 0.3 is 0 Å². The third kappa shape index (κ3) is 5.73. The second-order valence-electron chi connectivity index (χ2n) is 5.42. The number of hydrogen-bond acceptors (Lipinski definition) is 2. The SMILES string of the molecule is CCCCCCNC(N)=NCc1ccn(-c2ccc(F)cc2)n1. The van der Waals surface area contributed by atoms with E-state index in [9.17, 15) is 4.39 Å². The van der Waals surface area contributed by atoms with E-state index in [1.54, 1.807) is 16.8 Å². The summed E-state index contributed by atoms with van der Waals surface area (Å²) in [4.78, 5) is 4.28. The molecule has 0 radical (unpaired) electrons. The first kappa shape index (κ1) is 17.0. The van der Waals surface area contributed by atoms with Crippen molar-refractivity contribution in [1.82, 2.24) is 15.1 Å². The van der Waals surface area contributed by atoms with Crippen LogP contribution in [0.5, 0.6) is 0 Å². The zero-order valence-electron chi connectivity index (χ0n) is 13.5. The summed E-state index contributed by atoms with van der Waals surface area (Å²) in [7, 11) is 0. The van der Waals surface area contributed by atoms with E-state index in [0.29, 0.717) is 12.5 Å². The monoisotopic (exact) mass is 317 g/mol. The molecule has 0 saturated heterocycles. The van der Waals surface area contributed by atoms with E-state index in [0.717, 1.165) is 24.3 Å². The summed E-state index contributed by atoms with van der Waals surface area (Å²) in [6.45, 7) is 3.45. The topological polar surface area (TPSA) is 68.2 Å². The van der Waals surface area contributed by atoms with Gasteiger partial charge in [0, 0.05) is 12.7 Å². The molecule has 0 amide bonds. The average Bonchev–Trinajstić information content (AvgIpc) is 3.02. The molecule has 0 saturated carbocycles. The van der Waals surface area contributed by atoms with Crippen molar-refractivity contribution in [3.8, 4) is 5.69 Å². The highest BCUT2D eigenvalue weighted by atomic mass is 19.1. The van der Waals surface area contributed by atoms with Gasteiger partial charge in [-0.15, -0.1) is 0 Å². The van der Waals surface area contributed by atoms with Gasteiger partial charge in [0.05, 0.1) is 17.9 Å². The molecule has 0 aliphatic heterocycles. The molecule has 6 heteroatoms. The normalized spacial score (nSPS) is 11.7. The summed E-state index contributed by atoms with van der Waals surface area (Å²) in [6, 6.07) is 8.06. The minimum absolute atomic E-state index is 0.261. The standard InChI is InChI=1S/C17H24FN5/c1-2-3-4-5-11-20-17(19)21-13-15-10-12-23(22-15)16-8-6-14(18)7-9-16/h6-10,12H,2-5,11,13H2,1H3,(H3,19,20,21). The van der Waals surface area contributed by atoms with E-state index in [1.165, 1.54) is 31.4 Å². The molecule has 1 heterocycles. The number of rotatable bonds is 8. The summed E-state index contributed by atoms with van der Waals surface area (Å²) in [5.74, 6) is 0.182. The minimum Gasteiger partial charge on any atom is -0.370 e. The summed E-state index contributed by atoms with van der Waals surface area (Å²) in [6.07, 6.45) is 6.61. The van der Waals surface area contributed by atoms with E-state index >= 15 is 0 Å².